The van der Waals surface area contributed by atoms with Crippen LogP contribution in [0, 0.1) is 16.7 Å². The van der Waals surface area contributed by atoms with Crippen LogP contribution < -0.4 is 10.6 Å². The third kappa shape index (κ3) is 13.6. The highest BCUT2D eigenvalue weighted by Crippen LogP contribution is 2.43. The molecule has 42 heavy (non-hydrogen) atoms. The summed E-state index contributed by atoms with van der Waals surface area (Å²) in [5, 5.41) is 5.91. The van der Waals surface area contributed by atoms with Crippen LogP contribution in [0.1, 0.15) is 47.0 Å². The lowest BCUT2D eigenvalue weighted by atomic mass is 9.64. The van der Waals surface area contributed by atoms with Crippen molar-refractivity contribution in [2.75, 3.05) is 46.3 Å². The lowest BCUT2D eigenvalue weighted by Crippen LogP contribution is -2.53. The summed E-state index contributed by atoms with van der Waals surface area (Å²) >= 11 is 0. The lowest BCUT2D eigenvalue weighted by molar-refractivity contribution is -0.175. The molecule has 1 aliphatic rings. The van der Waals surface area contributed by atoms with Gasteiger partial charge in [-0.25, -0.2) is 23.2 Å². The van der Waals surface area contributed by atoms with E-state index in [4.69, 9.17) is 18.9 Å². The van der Waals surface area contributed by atoms with Gasteiger partial charge in [0, 0.05) is 31.2 Å². The van der Waals surface area contributed by atoms with Gasteiger partial charge in [-0.2, -0.15) is 0 Å². The number of alkyl carbamates (subject to hydrolysis) is 1. The molecule has 1 aliphatic carbocycles. The summed E-state index contributed by atoms with van der Waals surface area (Å²) in [5.74, 6) is -5.54. The molecular formula is C29H44F2N2O9. The first-order chi connectivity index (χ1) is 19.5. The van der Waals surface area contributed by atoms with Crippen molar-refractivity contribution in [1.82, 2.24) is 10.6 Å². The third-order valence-corrected chi connectivity index (χ3v) is 6.50. The minimum atomic E-state index is -3.12. The molecule has 2 N–H and O–H groups in total. The Kier molecular flexibility index (Phi) is 14.3. The molecule has 0 saturated heterocycles. The van der Waals surface area contributed by atoms with Crippen molar-refractivity contribution in [2.45, 2.75) is 58.4 Å². The number of esters is 3. The van der Waals surface area contributed by atoms with Gasteiger partial charge >= 0.3 is 24.0 Å². The van der Waals surface area contributed by atoms with Crippen LogP contribution in [0.15, 0.2) is 38.0 Å². The number of halogens is 2. The molecule has 1 rings (SSSR count). The topological polar surface area (TPSA) is 138 Å². The average molecular weight is 603 g/mol. The number of ether oxygens (including phenoxy) is 5. The third-order valence-electron chi connectivity index (χ3n) is 6.50. The van der Waals surface area contributed by atoms with E-state index in [1.807, 2.05) is 6.92 Å². The van der Waals surface area contributed by atoms with Crippen molar-refractivity contribution in [3.63, 3.8) is 0 Å². The molecule has 0 aliphatic heterocycles. The highest BCUT2D eigenvalue weighted by atomic mass is 19.3. The zero-order chi connectivity index (χ0) is 32.0. The highest BCUT2D eigenvalue weighted by Gasteiger charge is 2.45. The number of hydrogen-bond donors (Lipinski definition) is 2. The molecule has 1 saturated carbocycles. The standard InChI is InChI=1S/C29H44F2N2O9/c1-8-11-39-24(36)29(18-40-22(34)9-2,19-41-23(35)10-3)17-38-20-33-27(6)13-21(12-26(4,5)15-27)14-32-25(37)42-16-28(7,30)31/h8-10,21,33H,1-3,11-20H2,4-7H3,(H,32,37). The summed E-state index contributed by atoms with van der Waals surface area (Å²) < 4.78 is 51.8. The molecule has 1 amide bonds. The van der Waals surface area contributed by atoms with Gasteiger partial charge in [-0.05, 0) is 37.5 Å². The van der Waals surface area contributed by atoms with Crippen LogP contribution >= 0.6 is 0 Å². The predicted molar refractivity (Wildman–Crippen MR) is 149 cm³/mol. The molecule has 13 heteroatoms. The van der Waals surface area contributed by atoms with Crippen molar-refractivity contribution in [3.8, 4) is 0 Å². The zero-order valence-corrected chi connectivity index (χ0v) is 24.9. The van der Waals surface area contributed by atoms with Gasteiger partial charge in [0.15, 0.2) is 12.0 Å². The Hall–Kier alpha value is -3.32. The maximum Gasteiger partial charge on any atom is 0.407 e. The van der Waals surface area contributed by atoms with Crippen LogP contribution in [0.3, 0.4) is 0 Å². The molecule has 0 radical (unpaired) electrons. The van der Waals surface area contributed by atoms with Crippen LogP contribution in [0.25, 0.3) is 0 Å². The molecule has 0 aromatic heterocycles. The minimum absolute atomic E-state index is 0.00513. The molecule has 2 unspecified atom stereocenters. The highest BCUT2D eigenvalue weighted by molar-refractivity contribution is 5.84. The monoisotopic (exact) mass is 602 g/mol. The Bertz CT molecular complexity index is 957. The first-order valence-electron chi connectivity index (χ1n) is 13.5. The summed E-state index contributed by atoms with van der Waals surface area (Å²) in [4.78, 5) is 48.5. The van der Waals surface area contributed by atoms with Crippen molar-refractivity contribution in [1.29, 1.82) is 0 Å². The molecular weight excluding hydrogens is 558 g/mol. The molecule has 238 valence electrons. The van der Waals surface area contributed by atoms with Crippen LogP contribution in [-0.2, 0) is 38.1 Å². The lowest BCUT2D eigenvalue weighted by Gasteiger charge is -2.47. The Morgan fingerprint density at radius 3 is 2.02 bits per heavy atom. The van der Waals surface area contributed by atoms with Gasteiger partial charge in [-0.1, -0.05) is 39.7 Å². The summed E-state index contributed by atoms with van der Waals surface area (Å²) in [7, 11) is 0. The maximum absolute atomic E-state index is 13.1. The SMILES string of the molecule is C=CCOC(=O)C(COCNC1(C)CC(CNC(=O)OCC(C)(F)F)CC(C)(C)C1)(COC(=O)C=C)COC(=O)C=C. The Labute approximate surface area is 246 Å². The number of rotatable bonds is 18. The van der Waals surface area contributed by atoms with Gasteiger partial charge < -0.3 is 29.0 Å². The van der Waals surface area contributed by atoms with Gasteiger partial charge in [-0.15, -0.1) is 0 Å². The van der Waals surface area contributed by atoms with E-state index in [1.165, 1.54) is 6.08 Å². The molecule has 1 fully saturated rings. The molecule has 0 bridgehead atoms. The van der Waals surface area contributed by atoms with Crippen LogP contribution in [0.4, 0.5) is 13.6 Å². The molecule has 0 aromatic rings. The van der Waals surface area contributed by atoms with E-state index in [0.717, 1.165) is 25.0 Å². The average Bonchev–Trinajstić information content (AvgIpc) is 2.90. The normalized spacial score (nSPS) is 20.0. The van der Waals surface area contributed by atoms with Gasteiger partial charge in [0.2, 0.25) is 0 Å². The number of hydrogen-bond acceptors (Lipinski definition) is 10. The van der Waals surface area contributed by atoms with Gasteiger partial charge in [0.05, 0.1) is 13.3 Å². The van der Waals surface area contributed by atoms with Crippen molar-refractivity contribution in [2.24, 2.45) is 16.7 Å². The minimum Gasteiger partial charge on any atom is -0.461 e. The summed E-state index contributed by atoms with van der Waals surface area (Å²) in [5.41, 5.74) is -2.30. The van der Waals surface area contributed by atoms with Crippen LogP contribution in [-0.4, -0.2) is 81.8 Å². The van der Waals surface area contributed by atoms with E-state index in [2.05, 4.69) is 49.0 Å². The summed E-state index contributed by atoms with van der Waals surface area (Å²) in [6.45, 7) is 14.7. The zero-order valence-electron chi connectivity index (χ0n) is 24.9. The first kappa shape index (κ1) is 36.7. The molecule has 11 nitrogen and oxygen atoms in total. The second-order valence-electron chi connectivity index (χ2n) is 11.7. The molecule has 2 atom stereocenters. The van der Waals surface area contributed by atoms with E-state index >= 15 is 0 Å². The van der Waals surface area contributed by atoms with Crippen LogP contribution in [0.2, 0.25) is 0 Å². The number of amides is 1. The fraction of sp³-hybridized carbons (Fsp3) is 0.655. The second kappa shape index (κ2) is 16.4. The first-order valence-corrected chi connectivity index (χ1v) is 13.5. The second-order valence-corrected chi connectivity index (χ2v) is 11.7. The van der Waals surface area contributed by atoms with Crippen LogP contribution in [0.5, 0.6) is 0 Å². The quantitative estimate of drug-likeness (QED) is 0.0597. The summed E-state index contributed by atoms with van der Waals surface area (Å²) in [6, 6.07) is 0. The van der Waals surface area contributed by atoms with Gasteiger partial charge in [0.25, 0.3) is 5.92 Å². The fourth-order valence-corrected chi connectivity index (χ4v) is 5.04. The van der Waals surface area contributed by atoms with E-state index in [9.17, 15) is 28.0 Å². The fourth-order valence-electron chi connectivity index (χ4n) is 5.04. The van der Waals surface area contributed by atoms with E-state index < -0.39 is 60.7 Å². The maximum atomic E-state index is 13.1. The largest absolute Gasteiger partial charge is 0.461 e. The van der Waals surface area contributed by atoms with E-state index in [0.29, 0.717) is 13.3 Å². The summed E-state index contributed by atoms with van der Waals surface area (Å²) in [6.07, 6.45) is 4.42. The number of nitrogens with one attached hydrogen (secondary N) is 2. The molecule has 0 spiro atoms. The van der Waals surface area contributed by atoms with E-state index in [1.54, 1.807) is 0 Å². The van der Waals surface area contributed by atoms with Crippen molar-refractivity contribution >= 4 is 24.0 Å². The van der Waals surface area contributed by atoms with E-state index in [-0.39, 0.29) is 37.8 Å². The number of carbonyl (C=O) groups is 4. The molecule has 0 aromatic carbocycles. The van der Waals surface area contributed by atoms with Crippen molar-refractivity contribution in [3.05, 3.63) is 38.0 Å². The van der Waals surface area contributed by atoms with Crippen molar-refractivity contribution < 1.29 is 51.6 Å². The Balaban J connectivity index is 2.92. The smallest absolute Gasteiger partial charge is 0.407 e. The van der Waals surface area contributed by atoms with Gasteiger partial charge in [-0.3, -0.25) is 10.1 Å². The Morgan fingerprint density at radius 1 is 0.905 bits per heavy atom. The number of alkyl halides is 2. The predicted octanol–water partition coefficient (Wildman–Crippen LogP) is 3.69. The molecule has 0 heterocycles. The van der Waals surface area contributed by atoms with Gasteiger partial charge in [0.1, 0.15) is 19.8 Å². The Morgan fingerprint density at radius 2 is 1.50 bits per heavy atom. The number of carbonyl (C=O) groups excluding carboxylic acids is 4.